The van der Waals surface area contributed by atoms with Crippen LogP contribution in [0.25, 0.3) is 0 Å². The minimum Gasteiger partial charge on any atom is -0.444 e. The fourth-order valence-corrected chi connectivity index (χ4v) is 3.28. The van der Waals surface area contributed by atoms with Gasteiger partial charge >= 0.3 is 6.09 Å². The zero-order valence-electron chi connectivity index (χ0n) is 13.9. The molecule has 23 heavy (non-hydrogen) atoms. The van der Waals surface area contributed by atoms with Crippen molar-refractivity contribution < 1.29 is 14.3 Å². The van der Waals surface area contributed by atoms with Crippen LogP contribution in [0.4, 0.5) is 4.79 Å². The molecule has 0 N–H and O–H groups in total. The molecule has 0 saturated carbocycles. The van der Waals surface area contributed by atoms with Gasteiger partial charge in [-0.2, -0.15) is 0 Å². The molecule has 6 nitrogen and oxygen atoms in total. The zero-order chi connectivity index (χ0) is 16.6. The summed E-state index contributed by atoms with van der Waals surface area (Å²) in [5.74, 6) is -0.00311. The number of nitrogens with zero attached hydrogens (tertiary/aromatic N) is 3. The Hall–Kier alpha value is -2.11. The van der Waals surface area contributed by atoms with Gasteiger partial charge in [-0.1, -0.05) is 0 Å². The van der Waals surface area contributed by atoms with Crippen LogP contribution >= 0.6 is 0 Å². The summed E-state index contributed by atoms with van der Waals surface area (Å²) in [5, 5.41) is 0. The summed E-state index contributed by atoms with van der Waals surface area (Å²) in [5.41, 5.74) is 0.0998. The highest BCUT2D eigenvalue weighted by Gasteiger charge is 2.44. The second-order valence-electron chi connectivity index (χ2n) is 7.22. The fraction of sp³-hybridized carbons (Fsp3) is 0.588. The summed E-state index contributed by atoms with van der Waals surface area (Å²) in [6, 6.07) is 3.64. The fourth-order valence-electron chi connectivity index (χ4n) is 3.28. The van der Waals surface area contributed by atoms with E-state index in [2.05, 4.69) is 4.98 Å². The third-order valence-corrected chi connectivity index (χ3v) is 4.33. The third kappa shape index (κ3) is 3.30. The van der Waals surface area contributed by atoms with Gasteiger partial charge in [0.2, 0.25) is 0 Å². The van der Waals surface area contributed by atoms with Crippen LogP contribution in [0, 0.1) is 0 Å². The molecule has 2 atom stereocenters. The van der Waals surface area contributed by atoms with E-state index in [1.165, 1.54) is 0 Å². The summed E-state index contributed by atoms with van der Waals surface area (Å²) in [6.45, 7) is 6.71. The Balaban J connectivity index is 1.70. The molecular weight excluding hydrogens is 294 g/mol. The maximum Gasteiger partial charge on any atom is 0.410 e. The van der Waals surface area contributed by atoms with Crippen LogP contribution in [0.3, 0.4) is 0 Å². The van der Waals surface area contributed by atoms with Gasteiger partial charge in [0.15, 0.2) is 0 Å². The Morgan fingerprint density at radius 1 is 1.17 bits per heavy atom. The third-order valence-electron chi connectivity index (χ3n) is 4.33. The normalized spacial score (nSPS) is 23.8. The number of ether oxygens (including phenoxy) is 1. The summed E-state index contributed by atoms with van der Waals surface area (Å²) in [4.78, 5) is 32.7. The molecule has 3 fully saturated rings. The van der Waals surface area contributed by atoms with Gasteiger partial charge in [0, 0.05) is 31.5 Å². The number of amides is 2. The molecule has 4 rings (SSSR count). The highest BCUT2D eigenvalue weighted by molar-refractivity contribution is 5.94. The lowest BCUT2D eigenvalue weighted by Crippen LogP contribution is -2.65. The number of hydrogen-bond acceptors (Lipinski definition) is 4. The van der Waals surface area contributed by atoms with Crippen LogP contribution in [0.1, 0.15) is 44.0 Å². The van der Waals surface area contributed by atoms with Gasteiger partial charge in [-0.05, 0) is 45.7 Å². The highest BCUT2D eigenvalue weighted by atomic mass is 16.6. The Morgan fingerprint density at radius 2 is 1.83 bits per heavy atom. The lowest BCUT2D eigenvalue weighted by atomic mass is 9.90. The van der Waals surface area contributed by atoms with Gasteiger partial charge in [-0.15, -0.1) is 0 Å². The van der Waals surface area contributed by atoms with Crippen molar-refractivity contribution in [1.29, 1.82) is 0 Å². The largest absolute Gasteiger partial charge is 0.444 e. The number of piperidine rings is 2. The molecule has 3 saturated heterocycles. The minimum absolute atomic E-state index is 0.00311. The molecule has 2 amide bonds. The van der Waals surface area contributed by atoms with E-state index < -0.39 is 5.60 Å². The molecule has 3 aliphatic rings. The van der Waals surface area contributed by atoms with Gasteiger partial charge in [0.25, 0.3) is 5.91 Å². The second kappa shape index (κ2) is 5.83. The van der Waals surface area contributed by atoms with Crippen molar-refractivity contribution >= 4 is 12.0 Å². The van der Waals surface area contributed by atoms with E-state index in [1.54, 1.807) is 29.4 Å². The van der Waals surface area contributed by atoms with Crippen LogP contribution in [-0.2, 0) is 4.74 Å². The number of aromatic nitrogens is 1. The molecule has 4 heterocycles. The zero-order valence-corrected chi connectivity index (χ0v) is 13.9. The van der Waals surface area contributed by atoms with Crippen molar-refractivity contribution in [2.75, 3.05) is 13.1 Å². The van der Waals surface area contributed by atoms with E-state index in [9.17, 15) is 9.59 Å². The Kier molecular flexibility index (Phi) is 4.00. The Bertz CT molecular complexity index is 597. The number of carbonyl (C=O) groups excluding carboxylic acids is 2. The predicted molar refractivity (Wildman–Crippen MR) is 85.0 cm³/mol. The monoisotopic (exact) mass is 317 g/mol. The number of hydrogen-bond donors (Lipinski definition) is 0. The van der Waals surface area contributed by atoms with Crippen molar-refractivity contribution in [3.63, 3.8) is 0 Å². The van der Waals surface area contributed by atoms with E-state index in [1.807, 2.05) is 25.7 Å². The summed E-state index contributed by atoms with van der Waals surface area (Å²) in [7, 11) is 0. The Morgan fingerprint density at radius 3 is 2.35 bits per heavy atom. The summed E-state index contributed by atoms with van der Waals surface area (Å²) >= 11 is 0. The van der Waals surface area contributed by atoms with E-state index >= 15 is 0 Å². The molecular formula is C17H23N3O3. The minimum atomic E-state index is -0.501. The lowest BCUT2D eigenvalue weighted by Gasteiger charge is -2.51. The first-order chi connectivity index (χ1) is 10.8. The van der Waals surface area contributed by atoms with Gasteiger partial charge < -0.3 is 14.5 Å². The molecule has 0 radical (unpaired) electrons. The quantitative estimate of drug-likeness (QED) is 0.797. The number of pyridine rings is 1. The van der Waals surface area contributed by atoms with E-state index in [0.29, 0.717) is 18.7 Å². The maximum absolute atomic E-state index is 12.6. The molecule has 0 aliphatic carbocycles. The van der Waals surface area contributed by atoms with Crippen molar-refractivity contribution in [3.05, 3.63) is 30.1 Å². The van der Waals surface area contributed by atoms with Crippen molar-refractivity contribution in [2.24, 2.45) is 0 Å². The number of carbonyl (C=O) groups is 2. The average molecular weight is 317 g/mol. The first-order valence-electron chi connectivity index (χ1n) is 8.06. The molecule has 2 unspecified atom stereocenters. The van der Waals surface area contributed by atoms with E-state index in [0.717, 1.165) is 12.8 Å². The SMILES string of the molecule is CC(C)(C)OC(=O)N1CC2CCC1CN2C(=O)c1cccnc1. The molecule has 0 aromatic carbocycles. The van der Waals surface area contributed by atoms with Crippen LogP contribution in [0.2, 0.25) is 0 Å². The molecule has 6 heteroatoms. The van der Waals surface area contributed by atoms with Crippen LogP contribution in [0.15, 0.2) is 24.5 Å². The first-order valence-corrected chi connectivity index (χ1v) is 8.06. The van der Waals surface area contributed by atoms with Gasteiger partial charge in [-0.3, -0.25) is 9.78 Å². The van der Waals surface area contributed by atoms with Gasteiger partial charge in [-0.25, -0.2) is 4.79 Å². The first kappa shape index (κ1) is 15.8. The smallest absolute Gasteiger partial charge is 0.410 e. The van der Waals surface area contributed by atoms with Crippen LogP contribution in [-0.4, -0.2) is 57.6 Å². The highest BCUT2D eigenvalue weighted by Crippen LogP contribution is 2.31. The molecule has 124 valence electrons. The molecule has 1 aromatic heterocycles. The topological polar surface area (TPSA) is 62.7 Å². The van der Waals surface area contributed by atoms with Gasteiger partial charge in [0.1, 0.15) is 5.60 Å². The standard InChI is InChI=1S/C17H23N3O3/c1-17(2,3)23-16(22)20-11-13-6-7-14(20)10-19(13)15(21)12-5-4-8-18-9-12/h4-5,8-9,13-14H,6-7,10-11H2,1-3H3. The number of fused-ring (bicyclic) bond motifs is 3. The Labute approximate surface area is 136 Å². The molecule has 2 bridgehead atoms. The van der Waals surface area contributed by atoms with Crippen molar-refractivity contribution in [2.45, 2.75) is 51.3 Å². The lowest BCUT2D eigenvalue weighted by molar-refractivity contribution is -0.0341. The second-order valence-corrected chi connectivity index (χ2v) is 7.22. The molecule has 1 aromatic rings. The van der Waals surface area contributed by atoms with Crippen molar-refractivity contribution in [3.8, 4) is 0 Å². The number of piperazine rings is 1. The van der Waals surface area contributed by atoms with E-state index in [-0.39, 0.29) is 24.1 Å². The maximum atomic E-state index is 12.6. The average Bonchev–Trinajstić information content (AvgIpc) is 2.53. The summed E-state index contributed by atoms with van der Waals surface area (Å²) in [6.07, 6.45) is 4.82. The summed E-state index contributed by atoms with van der Waals surface area (Å²) < 4.78 is 5.48. The number of rotatable bonds is 1. The molecule has 0 spiro atoms. The predicted octanol–water partition coefficient (Wildman–Crippen LogP) is 2.31. The van der Waals surface area contributed by atoms with E-state index in [4.69, 9.17) is 4.74 Å². The van der Waals surface area contributed by atoms with Crippen molar-refractivity contribution in [1.82, 2.24) is 14.8 Å². The van der Waals surface area contributed by atoms with Crippen LogP contribution < -0.4 is 0 Å². The molecule has 3 aliphatic heterocycles. The van der Waals surface area contributed by atoms with Crippen LogP contribution in [0.5, 0.6) is 0 Å². The van der Waals surface area contributed by atoms with Gasteiger partial charge in [0.05, 0.1) is 11.6 Å².